The molecule has 0 aliphatic rings. The molecule has 0 saturated heterocycles. The molecule has 0 aliphatic heterocycles. The van der Waals surface area contributed by atoms with E-state index < -0.39 is 17.9 Å². The van der Waals surface area contributed by atoms with Crippen LogP contribution in [0.1, 0.15) is 28.4 Å². The van der Waals surface area contributed by atoms with Crippen LogP contribution in [0.4, 0.5) is 0 Å². The fourth-order valence-electron chi connectivity index (χ4n) is 2.50. The fraction of sp³-hybridized carbons (Fsp3) is 0.263. The topological polar surface area (TPSA) is 94.1 Å². The quantitative estimate of drug-likeness (QED) is 0.753. The third kappa shape index (κ3) is 4.66. The summed E-state index contributed by atoms with van der Waals surface area (Å²) in [5, 5.41) is 12.0. The number of methoxy groups -OCH3 is 3. The lowest BCUT2D eigenvalue weighted by atomic mass is 10.0. The van der Waals surface area contributed by atoms with Crippen LogP contribution >= 0.6 is 0 Å². The molecule has 2 aromatic carbocycles. The maximum absolute atomic E-state index is 12.5. The Balaban J connectivity index is 2.29. The first-order valence-electron chi connectivity index (χ1n) is 7.87. The molecule has 138 valence electrons. The summed E-state index contributed by atoms with van der Waals surface area (Å²) in [6, 6.07) is 10.8. The lowest BCUT2D eigenvalue weighted by Crippen LogP contribution is -2.30. The van der Waals surface area contributed by atoms with Gasteiger partial charge >= 0.3 is 5.97 Å². The molecule has 26 heavy (non-hydrogen) atoms. The van der Waals surface area contributed by atoms with Gasteiger partial charge in [0.2, 0.25) is 0 Å². The number of nitrogens with one attached hydrogen (secondary N) is 1. The second-order valence-corrected chi connectivity index (χ2v) is 5.46. The lowest BCUT2D eigenvalue weighted by Gasteiger charge is -2.20. The van der Waals surface area contributed by atoms with Crippen molar-refractivity contribution in [2.24, 2.45) is 0 Å². The van der Waals surface area contributed by atoms with E-state index in [4.69, 9.17) is 14.2 Å². The van der Waals surface area contributed by atoms with Crippen molar-refractivity contribution in [3.8, 4) is 17.2 Å². The Labute approximate surface area is 151 Å². The van der Waals surface area contributed by atoms with Gasteiger partial charge in [-0.25, -0.2) is 0 Å². The highest BCUT2D eigenvalue weighted by Crippen LogP contribution is 2.31. The fourth-order valence-corrected chi connectivity index (χ4v) is 2.50. The number of carboxylic acid groups (broad SMARTS) is 1. The number of rotatable bonds is 8. The number of hydrogen-bond acceptors (Lipinski definition) is 5. The first-order chi connectivity index (χ1) is 12.5. The van der Waals surface area contributed by atoms with Crippen molar-refractivity contribution in [3.63, 3.8) is 0 Å². The molecule has 7 heteroatoms. The molecule has 0 heterocycles. The van der Waals surface area contributed by atoms with E-state index >= 15 is 0 Å². The van der Waals surface area contributed by atoms with Gasteiger partial charge in [0.05, 0.1) is 33.8 Å². The van der Waals surface area contributed by atoms with Gasteiger partial charge in [-0.1, -0.05) is 0 Å². The molecule has 0 fully saturated rings. The molecule has 1 atom stereocenters. The molecule has 0 aromatic heterocycles. The van der Waals surface area contributed by atoms with Gasteiger partial charge in [-0.3, -0.25) is 9.59 Å². The molecular weight excluding hydrogens is 338 g/mol. The zero-order valence-electron chi connectivity index (χ0n) is 14.8. The van der Waals surface area contributed by atoms with Crippen molar-refractivity contribution < 1.29 is 28.9 Å². The molecule has 1 amide bonds. The summed E-state index contributed by atoms with van der Waals surface area (Å²) >= 11 is 0. The van der Waals surface area contributed by atoms with Crippen LogP contribution in [0.5, 0.6) is 17.2 Å². The van der Waals surface area contributed by atoms with Gasteiger partial charge in [0.25, 0.3) is 5.91 Å². The normalized spacial score (nSPS) is 11.3. The summed E-state index contributed by atoms with van der Waals surface area (Å²) < 4.78 is 15.5. The number of carboxylic acids is 1. The second kappa shape index (κ2) is 8.75. The maximum Gasteiger partial charge on any atom is 0.305 e. The number of amides is 1. The molecular formula is C19H21NO6. The molecule has 0 saturated carbocycles. The molecule has 0 spiro atoms. The number of ether oxygens (including phenoxy) is 3. The highest BCUT2D eigenvalue weighted by Gasteiger charge is 2.22. The highest BCUT2D eigenvalue weighted by molar-refractivity contribution is 5.94. The van der Waals surface area contributed by atoms with Crippen LogP contribution in [0, 0.1) is 0 Å². The summed E-state index contributed by atoms with van der Waals surface area (Å²) in [4.78, 5) is 23.8. The van der Waals surface area contributed by atoms with E-state index in [1.165, 1.54) is 21.3 Å². The van der Waals surface area contributed by atoms with Crippen molar-refractivity contribution in [1.82, 2.24) is 5.32 Å². The van der Waals surface area contributed by atoms with Gasteiger partial charge in [-0.05, 0) is 36.4 Å². The number of benzene rings is 2. The van der Waals surface area contributed by atoms with Crippen molar-refractivity contribution in [2.75, 3.05) is 21.3 Å². The van der Waals surface area contributed by atoms with Crippen molar-refractivity contribution in [3.05, 3.63) is 53.6 Å². The largest absolute Gasteiger partial charge is 0.497 e. The second-order valence-electron chi connectivity index (χ2n) is 5.46. The number of aliphatic carboxylic acids is 1. The Morgan fingerprint density at radius 3 is 2.12 bits per heavy atom. The minimum absolute atomic E-state index is 0.287. The van der Waals surface area contributed by atoms with E-state index in [2.05, 4.69) is 5.32 Å². The lowest BCUT2D eigenvalue weighted by molar-refractivity contribution is -0.137. The molecule has 0 radical (unpaired) electrons. The number of carbonyl (C=O) groups is 2. The van der Waals surface area contributed by atoms with Gasteiger partial charge in [0, 0.05) is 17.2 Å². The Morgan fingerprint density at radius 1 is 0.962 bits per heavy atom. The van der Waals surface area contributed by atoms with Gasteiger partial charge in [0.15, 0.2) is 0 Å². The first kappa shape index (κ1) is 19.1. The molecule has 2 aromatic rings. The Hall–Kier alpha value is -3.22. The Bertz CT molecular complexity index is 772. The molecule has 2 rings (SSSR count). The third-order valence-corrected chi connectivity index (χ3v) is 3.85. The van der Waals surface area contributed by atoms with E-state index in [1.54, 1.807) is 42.5 Å². The number of carbonyl (C=O) groups excluding carboxylic acids is 1. The predicted molar refractivity (Wildman–Crippen MR) is 95.0 cm³/mol. The van der Waals surface area contributed by atoms with E-state index in [1.807, 2.05) is 0 Å². The first-order valence-corrected chi connectivity index (χ1v) is 7.87. The van der Waals surface area contributed by atoms with Crippen LogP contribution in [0.3, 0.4) is 0 Å². The smallest absolute Gasteiger partial charge is 0.305 e. The average molecular weight is 359 g/mol. The Morgan fingerprint density at radius 2 is 1.58 bits per heavy atom. The minimum atomic E-state index is -1.04. The van der Waals surface area contributed by atoms with Crippen LogP contribution in [-0.2, 0) is 4.79 Å². The highest BCUT2D eigenvalue weighted by atomic mass is 16.5. The van der Waals surface area contributed by atoms with Crippen molar-refractivity contribution in [2.45, 2.75) is 12.5 Å². The summed E-state index contributed by atoms with van der Waals surface area (Å²) in [5.74, 6) is 0.201. The Kier molecular flexibility index (Phi) is 6.43. The monoisotopic (exact) mass is 359 g/mol. The molecule has 2 N–H and O–H groups in total. The van der Waals surface area contributed by atoms with E-state index in [9.17, 15) is 14.7 Å². The SMILES string of the molecule is COc1ccc(C(=O)NC(CC(=O)O)c2ccc(OC)cc2OC)cc1. The zero-order chi connectivity index (χ0) is 19.1. The maximum atomic E-state index is 12.5. The van der Waals surface area contributed by atoms with Crippen molar-refractivity contribution >= 4 is 11.9 Å². The van der Waals surface area contributed by atoms with Crippen molar-refractivity contribution in [1.29, 1.82) is 0 Å². The van der Waals surface area contributed by atoms with Crippen LogP contribution in [0.25, 0.3) is 0 Å². The average Bonchev–Trinajstić information content (AvgIpc) is 2.66. The van der Waals surface area contributed by atoms with Crippen LogP contribution < -0.4 is 19.5 Å². The van der Waals surface area contributed by atoms with Crippen LogP contribution in [0.2, 0.25) is 0 Å². The molecule has 0 bridgehead atoms. The van der Waals surface area contributed by atoms with Crippen LogP contribution in [-0.4, -0.2) is 38.3 Å². The molecule has 7 nitrogen and oxygen atoms in total. The summed E-state index contributed by atoms with van der Waals surface area (Å²) in [5.41, 5.74) is 0.950. The van der Waals surface area contributed by atoms with E-state index in [-0.39, 0.29) is 6.42 Å². The molecule has 0 aliphatic carbocycles. The van der Waals surface area contributed by atoms with Gasteiger partial charge < -0.3 is 24.6 Å². The number of hydrogen-bond donors (Lipinski definition) is 2. The van der Waals surface area contributed by atoms with Gasteiger partial charge in [-0.2, -0.15) is 0 Å². The molecule has 1 unspecified atom stereocenters. The van der Waals surface area contributed by atoms with E-state index in [0.717, 1.165) is 0 Å². The summed E-state index contributed by atoms with van der Waals surface area (Å²) in [6.45, 7) is 0. The van der Waals surface area contributed by atoms with Gasteiger partial charge in [-0.15, -0.1) is 0 Å². The zero-order valence-corrected chi connectivity index (χ0v) is 14.8. The minimum Gasteiger partial charge on any atom is -0.497 e. The standard InChI is InChI=1S/C19H21NO6/c1-24-13-6-4-12(5-7-13)19(23)20-16(11-18(21)22)15-9-8-14(25-2)10-17(15)26-3/h4-10,16H,11H2,1-3H3,(H,20,23)(H,21,22). The predicted octanol–water partition coefficient (Wildman–Crippen LogP) is 2.66. The van der Waals surface area contributed by atoms with Gasteiger partial charge in [0.1, 0.15) is 17.2 Å². The van der Waals surface area contributed by atoms with Crippen LogP contribution in [0.15, 0.2) is 42.5 Å². The summed E-state index contributed by atoms with van der Waals surface area (Å²) in [7, 11) is 4.53. The van der Waals surface area contributed by atoms with E-state index in [0.29, 0.717) is 28.4 Å². The summed E-state index contributed by atoms with van der Waals surface area (Å²) in [6.07, 6.45) is -0.287. The third-order valence-electron chi connectivity index (χ3n) is 3.85.